The number of hydrogen-bond donors (Lipinski definition) is 0. The molecule has 5 nitrogen and oxygen atoms in total. The Balaban J connectivity index is 2.59. The number of rotatable bonds is 2. The van der Waals surface area contributed by atoms with Crippen molar-refractivity contribution >= 4 is 17.3 Å². The summed E-state index contributed by atoms with van der Waals surface area (Å²) in [4.78, 5) is 2.59. The molecule has 98 valence electrons. The molecule has 0 unspecified atom stereocenters. The van der Waals surface area contributed by atoms with Gasteiger partial charge in [0, 0.05) is 11.1 Å². The fourth-order valence-electron chi connectivity index (χ4n) is 1.46. The summed E-state index contributed by atoms with van der Waals surface area (Å²) in [6, 6.07) is 5.21. The second-order valence-electron chi connectivity index (χ2n) is 3.44. The van der Waals surface area contributed by atoms with Crippen LogP contribution in [-0.4, -0.2) is 9.78 Å². The molecular weight excluding hydrogens is 283 g/mol. The maximum Gasteiger partial charge on any atom is 0.435 e. The minimum absolute atomic E-state index is 0.0897. The molecule has 2 aromatic rings. The lowest BCUT2D eigenvalue weighted by molar-refractivity contribution is -0.141. The molecule has 0 saturated heterocycles. The van der Waals surface area contributed by atoms with Gasteiger partial charge in [-0.2, -0.15) is 18.3 Å². The number of hydrogen-bond acceptors (Lipinski definition) is 2. The number of halogens is 4. The highest BCUT2D eigenvalue weighted by molar-refractivity contribution is 6.32. The molecule has 1 heterocycles. The third-order valence-corrected chi connectivity index (χ3v) is 2.53. The van der Waals surface area contributed by atoms with E-state index in [1.807, 2.05) is 0 Å². The molecule has 9 heteroatoms. The molecule has 0 atom stereocenters. The Morgan fingerprint density at radius 2 is 2.05 bits per heavy atom. The van der Waals surface area contributed by atoms with E-state index in [0.29, 0.717) is 0 Å². The molecule has 19 heavy (non-hydrogen) atoms. The minimum Gasteiger partial charge on any atom is -0.238 e. The lowest BCUT2D eigenvalue weighted by atomic mass is 10.3. The molecule has 0 aliphatic carbocycles. The van der Waals surface area contributed by atoms with Crippen molar-refractivity contribution in [2.24, 2.45) is 5.11 Å². The number of benzene rings is 1. The standard InChI is InChI=1S/C10H5ClF3N5/c11-6-2-1-3-7(16-18-15)9(6)19-5-4-8(17-19)10(12,13)14/h1-5H. The normalized spacial score (nSPS) is 11.2. The Bertz CT molecular complexity index is 657. The van der Waals surface area contributed by atoms with Gasteiger partial charge in [-0.1, -0.05) is 28.8 Å². The Hall–Kier alpha value is -2.18. The van der Waals surface area contributed by atoms with Crippen LogP contribution in [0.5, 0.6) is 0 Å². The third-order valence-electron chi connectivity index (χ3n) is 2.23. The number of nitrogens with zero attached hydrogens (tertiary/aromatic N) is 5. The molecule has 0 spiro atoms. The van der Waals surface area contributed by atoms with Gasteiger partial charge in [0.2, 0.25) is 0 Å². The van der Waals surface area contributed by atoms with Crippen LogP contribution in [0.15, 0.2) is 35.6 Å². The van der Waals surface area contributed by atoms with E-state index >= 15 is 0 Å². The summed E-state index contributed by atoms with van der Waals surface area (Å²) >= 11 is 5.90. The van der Waals surface area contributed by atoms with Crippen LogP contribution in [0.1, 0.15) is 5.69 Å². The second kappa shape index (κ2) is 4.83. The van der Waals surface area contributed by atoms with Crippen LogP contribution >= 0.6 is 11.6 Å². The highest BCUT2D eigenvalue weighted by Gasteiger charge is 2.33. The molecule has 0 saturated carbocycles. The van der Waals surface area contributed by atoms with Gasteiger partial charge in [0.1, 0.15) is 0 Å². The van der Waals surface area contributed by atoms with Gasteiger partial charge in [0.05, 0.1) is 16.4 Å². The van der Waals surface area contributed by atoms with Gasteiger partial charge < -0.3 is 0 Å². The topological polar surface area (TPSA) is 66.6 Å². The second-order valence-corrected chi connectivity index (χ2v) is 3.85. The van der Waals surface area contributed by atoms with Crippen molar-refractivity contribution in [1.82, 2.24) is 9.78 Å². The average Bonchev–Trinajstić information content (AvgIpc) is 2.78. The summed E-state index contributed by atoms with van der Waals surface area (Å²) < 4.78 is 38.4. The Morgan fingerprint density at radius 3 is 2.63 bits per heavy atom. The SMILES string of the molecule is [N-]=[N+]=Nc1cccc(Cl)c1-n1ccc(C(F)(F)F)n1. The van der Waals surface area contributed by atoms with Crippen molar-refractivity contribution in [2.45, 2.75) is 6.18 Å². The molecule has 0 aliphatic rings. The first-order chi connectivity index (χ1) is 8.93. The molecule has 0 fully saturated rings. The van der Waals surface area contributed by atoms with Crippen LogP contribution < -0.4 is 0 Å². The molecule has 1 aromatic heterocycles. The molecule has 0 aliphatic heterocycles. The van der Waals surface area contributed by atoms with Gasteiger partial charge in [-0.25, -0.2) is 4.68 Å². The molecule has 0 amide bonds. The van der Waals surface area contributed by atoms with Gasteiger partial charge in [0.15, 0.2) is 5.69 Å². The van der Waals surface area contributed by atoms with Crippen molar-refractivity contribution in [3.8, 4) is 5.69 Å². The van der Waals surface area contributed by atoms with E-state index in [1.165, 1.54) is 18.2 Å². The van der Waals surface area contributed by atoms with Gasteiger partial charge >= 0.3 is 6.18 Å². The highest BCUT2D eigenvalue weighted by atomic mass is 35.5. The van der Waals surface area contributed by atoms with E-state index in [0.717, 1.165) is 16.9 Å². The van der Waals surface area contributed by atoms with E-state index in [1.54, 1.807) is 0 Å². The van der Waals surface area contributed by atoms with Crippen molar-refractivity contribution in [2.75, 3.05) is 0 Å². The van der Waals surface area contributed by atoms with Crippen LogP contribution in [0.2, 0.25) is 5.02 Å². The maximum absolute atomic E-state index is 12.5. The molecule has 1 aromatic carbocycles. The first-order valence-corrected chi connectivity index (χ1v) is 5.28. The van der Waals surface area contributed by atoms with E-state index in [2.05, 4.69) is 15.1 Å². The molecule has 0 N–H and O–H groups in total. The van der Waals surface area contributed by atoms with Gasteiger partial charge in [0.25, 0.3) is 0 Å². The van der Waals surface area contributed by atoms with E-state index < -0.39 is 11.9 Å². The summed E-state index contributed by atoms with van der Waals surface area (Å²) in [5, 5.41) is 6.88. The van der Waals surface area contributed by atoms with Crippen molar-refractivity contribution < 1.29 is 13.2 Å². The van der Waals surface area contributed by atoms with Crippen molar-refractivity contribution in [3.63, 3.8) is 0 Å². The Morgan fingerprint density at radius 1 is 1.32 bits per heavy atom. The fourth-order valence-corrected chi connectivity index (χ4v) is 1.72. The molecular formula is C10H5ClF3N5. The number of alkyl halides is 3. The van der Waals surface area contributed by atoms with Gasteiger partial charge in [-0.3, -0.25) is 0 Å². The highest BCUT2D eigenvalue weighted by Crippen LogP contribution is 2.33. The smallest absolute Gasteiger partial charge is 0.238 e. The predicted octanol–water partition coefficient (Wildman–Crippen LogP) is 4.49. The fraction of sp³-hybridized carbons (Fsp3) is 0.100. The Labute approximate surface area is 109 Å². The number of para-hydroxylation sites is 1. The quantitative estimate of drug-likeness (QED) is 0.456. The van der Waals surface area contributed by atoms with Crippen LogP contribution in [0.3, 0.4) is 0 Å². The lowest BCUT2D eigenvalue weighted by Crippen LogP contribution is -2.07. The zero-order valence-electron chi connectivity index (χ0n) is 9.13. The molecule has 2 rings (SSSR count). The monoisotopic (exact) mass is 287 g/mol. The number of azide groups is 1. The minimum atomic E-state index is -4.55. The zero-order chi connectivity index (χ0) is 14.0. The summed E-state index contributed by atoms with van der Waals surface area (Å²) in [6.07, 6.45) is -3.45. The average molecular weight is 288 g/mol. The summed E-state index contributed by atoms with van der Waals surface area (Å²) in [5.74, 6) is 0. The number of aromatic nitrogens is 2. The van der Waals surface area contributed by atoms with E-state index in [-0.39, 0.29) is 16.4 Å². The first kappa shape index (κ1) is 13.3. The largest absolute Gasteiger partial charge is 0.435 e. The summed E-state index contributed by atoms with van der Waals surface area (Å²) in [6.45, 7) is 0. The van der Waals surface area contributed by atoms with Crippen LogP contribution in [0.4, 0.5) is 18.9 Å². The third kappa shape index (κ3) is 2.64. The summed E-state index contributed by atoms with van der Waals surface area (Å²) in [5.41, 5.74) is 7.55. The van der Waals surface area contributed by atoms with Crippen molar-refractivity contribution in [1.29, 1.82) is 0 Å². The van der Waals surface area contributed by atoms with Crippen LogP contribution in [-0.2, 0) is 6.18 Å². The van der Waals surface area contributed by atoms with Crippen LogP contribution in [0, 0.1) is 0 Å². The van der Waals surface area contributed by atoms with Gasteiger partial charge in [-0.05, 0) is 17.7 Å². The molecule has 0 radical (unpaired) electrons. The maximum atomic E-state index is 12.5. The summed E-state index contributed by atoms with van der Waals surface area (Å²) in [7, 11) is 0. The zero-order valence-corrected chi connectivity index (χ0v) is 9.89. The lowest BCUT2D eigenvalue weighted by Gasteiger charge is -2.07. The van der Waals surface area contributed by atoms with E-state index in [4.69, 9.17) is 17.1 Å². The van der Waals surface area contributed by atoms with Crippen molar-refractivity contribution in [3.05, 3.63) is 51.6 Å². The van der Waals surface area contributed by atoms with E-state index in [9.17, 15) is 13.2 Å². The predicted molar refractivity (Wildman–Crippen MR) is 62.4 cm³/mol. The molecule has 0 bridgehead atoms. The van der Waals surface area contributed by atoms with Crippen LogP contribution in [0.25, 0.3) is 16.1 Å². The Kier molecular flexibility index (Phi) is 3.37. The van der Waals surface area contributed by atoms with Gasteiger partial charge in [-0.15, -0.1) is 0 Å². The first-order valence-electron chi connectivity index (χ1n) is 4.90.